The van der Waals surface area contributed by atoms with Crippen LogP contribution in [0.1, 0.15) is 44.9 Å². The lowest BCUT2D eigenvalue weighted by atomic mass is 9.86. The highest BCUT2D eigenvalue weighted by Crippen LogP contribution is 2.24. The lowest BCUT2D eigenvalue weighted by Gasteiger charge is -2.19. The van der Waals surface area contributed by atoms with Crippen LogP contribution in [0.4, 0.5) is 0 Å². The molecule has 0 radical (unpaired) electrons. The van der Waals surface area contributed by atoms with Gasteiger partial charge in [0.1, 0.15) is 6.10 Å². The second-order valence-corrected chi connectivity index (χ2v) is 4.62. The number of rotatable bonds is 2. The molecule has 1 rings (SSSR count). The average Bonchev–Trinajstić information content (AvgIpc) is 2.15. The van der Waals surface area contributed by atoms with Crippen molar-refractivity contribution in [2.24, 2.45) is 0 Å². The molecule has 1 N–H and O–H groups in total. The molecule has 0 spiro atoms. The molecular formula is C12H18O2. The zero-order chi connectivity index (χ0) is 10.8. The van der Waals surface area contributed by atoms with Crippen LogP contribution in [0.15, 0.2) is 24.3 Å². The van der Waals surface area contributed by atoms with Gasteiger partial charge in [-0.1, -0.05) is 45.0 Å². The molecule has 0 aliphatic rings. The molecule has 1 unspecified atom stereocenters. The van der Waals surface area contributed by atoms with Gasteiger partial charge in [0, 0.05) is 0 Å². The van der Waals surface area contributed by atoms with E-state index in [1.165, 1.54) is 5.56 Å². The van der Waals surface area contributed by atoms with E-state index in [0.717, 1.165) is 5.56 Å². The molecule has 14 heavy (non-hydrogen) atoms. The van der Waals surface area contributed by atoms with Crippen LogP contribution in [-0.2, 0) is 10.3 Å². The minimum absolute atomic E-state index is 0.168. The van der Waals surface area contributed by atoms with Gasteiger partial charge in [0.05, 0.1) is 0 Å². The van der Waals surface area contributed by atoms with E-state index >= 15 is 0 Å². The molecule has 0 amide bonds. The van der Waals surface area contributed by atoms with Crippen molar-refractivity contribution in [1.82, 2.24) is 0 Å². The van der Waals surface area contributed by atoms with E-state index < -0.39 is 0 Å². The summed E-state index contributed by atoms with van der Waals surface area (Å²) >= 11 is 0. The maximum absolute atomic E-state index is 8.52. The highest BCUT2D eigenvalue weighted by Gasteiger charge is 2.13. The second kappa shape index (κ2) is 4.11. The van der Waals surface area contributed by atoms with Crippen LogP contribution < -0.4 is 0 Å². The summed E-state index contributed by atoms with van der Waals surface area (Å²) in [5.74, 6) is 0. The highest BCUT2D eigenvalue weighted by molar-refractivity contribution is 5.28. The van der Waals surface area contributed by atoms with Crippen LogP contribution in [-0.4, -0.2) is 5.26 Å². The van der Waals surface area contributed by atoms with Crippen molar-refractivity contribution in [3.8, 4) is 0 Å². The van der Waals surface area contributed by atoms with Gasteiger partial charge in [0.2, 0.25) is 0 Å². The van der Waals surface area contributed by atoms with Gasteiger partial charge < -0.3 is 0 Å². The molecule has 0 saturated carbocycles. The SMILES string of the molecule is CC(OO)c1ccc(C(C)(C)C)cc1. The summed E-state index contributed by atoms with van der Waals surface area (Å²) in [5, 5.41) is 8.52. The Kier molecular flexibility index (Phi) is 3.29. The average molecular weight is 194 g/mol. The molecule has 2 heteroatoms. The fraction of sp³-hybridized carbons (Fsp3) is 0.500. The predicted octanol–water partition coefficient (Wildman–Crippen LogP) is 3.53. The summed E-state index contributed by atoms with van der Waals surface area (Å²) in [4.78, 5) is 4.26. The van der Waals surface area contributed by atoms with Gasteiger partial charge >= 0.3 is 0 Å². The van der Waals surface area contributed by atoms with Gasteiger partial charge in [0.25, 0.3) is 0 Å². The Bertz CT molecular complexity index is 282. The first-order chi connectivity index (χ1) is 6.45. The number of benzene rings is 1. The molecule has 0 saturated heterocycles. The van der Waals surface area contributed by atoms with Crippen molar-refractivity contribution in [3.05, 3.63) is 35.4 Å². The molecule has 1 aromatic carbocycles. The van der Waals surface area contributed by atoms with Crippen molar-refractivity contribution < 1.29 is 10.1 Å². The fourth-order valence-electron chi connectivity index (χ4n) is 1.31. The van der Waals surface area contributed by atoms with E-state index in [2.05, 4.69) is 37.8 Å². The molecule has 0 heterocycles. The van der Waals surface area contributed by atoms with Crippen molar-refractivity contribution in [3.63, 3.8) is 0 Å². The standard InChI is InChI=1S/C12H18O2/c1-9(14-13)10-5-7-11(8-6-10)12(2,3)4/h5-9,13H,1-4H3. The van der Waals surface area contributed by atoms with Gasteiger partial charge in [-0.3, -0.25) is 5.26 Å². The Morgan fingerprint density at radius 3 is 2.00 bits per heavy atom. The zero-order valence-electron chi connectivity index (χ0n) is 9.24. The normalized spacial score (nSPS) is 14.1. The third-order valence-electron chi connectivity index (χ3n) is 2.40. The minimum Gasteiger partial charge on any atom is -0.251 e. The van der Waals surface area contributed by atoms with E-state index in [-0.39, 0.29) is 11.5 Å². The van der Waals surface area contributed by atoms with E-state index in [4.69, 9.17) is 5.26 Å². The summed E-state index contributed by atoms with van der Waals surface area (Å²) in [7, 11) is 0. The van der Waals surface area contributed by atoms with Crippen LogP contribution >= 0.6 is 0 Å². The Labute approximate surface area is 85.5 Å². The van der Waals surface area contributed by atoms with Gasteiger partial charge in [-0.15, -0.1) is 0 Å². The molecule has 0 aromatic heterocycles. The summed E-state index contributed by atoms with van der Waals surface area (Å²) in [6.07, 6.45) is -0.260. The molecular weight excluding hydrogens is 176 g/mol. The predicted molar refractivity (Wildman–Crippen MR) is 57.3 cm³/mol. The summed E-state index contributed by atoms with van der Waals surface area (Å²) in [6, 6.07) is 8.12. The Morgan fingerprint density at radius 2 is 1.64 bits per heavy atom. The third-order valence-corrected chi connectivity index (χ3v) is 2.40. The lowest BCUT2D eigenvalue weighted by Crippen LogP contribution is -2.11. The molecule has 0 aliphatic heterocycles. The largest absolute Gasteiger partial charge is 0.251 e. The molecule has 2 nitrogen and oxygen atoms in total. The smallest absolute Gasteiger partial charge is 0.115 e. The number of hydrogen-bond donors (Lipinski definition) is 1. The summed E-state index contributed by atoms with van der Waals surface area (Å²) in [6.45, 7) is 8.34. The van der Waals surface area contributed by atoms with Crippen molar-refractivity contribution in [2.45, 2.75) is 39.2 Å². The summed E-state index contributed by atoms with van der Waals surface area (Å²) in [5.41, 5.74) is 2.44. The Morgan fingerprint density at radius 1 is 1.14 bits per heavy atom. The van der Waals surface area contributed by atoms with Gasteiger partial charge in [-0.25, -0.2) is 4.89 Å². The van der Waals surface area contributed by atoms with Gasteiger partial charge in [-0.05, 0) is 23.5 Å². The second-order valence-electron chi connectivity index (χ2n) is 4.62. The third kappa shape index (κ3) is 2.56. The van der Waals surface area contributed by atoms with Crippen molar-refractivity contribution in [1.29, 1.82) is 0 Å². The Balaban J connectivity index is 2.89. The van der Waals surface area contributed by atoms with Crippen LogP contribution in [0.2, 0.25) is 0 Å². The van der Waals surface area contributed by atoms with Crippen LogP contribution in [0.5, 0.6) is 0 Å². The first-order valence-electron chi connectivity index (χ1n) is 4.86. The maximum Gasteiger partial charge on any atom is 0.115 e. The zero-order valence-corrected chi connectivity index (χ0v) is 9.24. The topological polar surface area (TPSA) is 29.5 Å². The van der Waals surface area contributed by atoms with Crippen molar-refractivity contribution >= 4 is 0 Å². The minimum atomic E-state index is -0.260. The van der Waals surface area contributed by atoms with Crippen molar-refractivity contribution in [2.75, 3.05) is 0 Å². The van der Waals surface area contributed by atoms with E-state index in [9.17, 15) is 0 Å². The van der Waals surface area contributed by atoms with Crippen LogP contribution in [0, 0.1) is 0 Å². The first-order valence-corrected chi connectivity index (χ1v) is 4.86. The molecule has 1 aromatic rings. The molecule has 78 valence electrons. The number of hydrogen-bond acceptors (Lipinski definition) is 2. The quantitative estimate of drug-likeness (QED) is 0.576. The molecule has 0 bridgehead atoms. The van der Waals surface area contributed by atoms with Gasteiger partial charge in [0.15, 0.2) is 0 Å². The molecule has 1 atom stereocenters. The molecule has 0 fully saturated rings. The monoisotopic (exact) mass is 194 g/mol. The highest BCUT2D eigenvalue weighted by atomic mass is 17.1. The van der Waals surface area contributed by atoms with Crippen LogP contribution in [0.25, 0.3) is 0 Å². The molecule has 0 aliphatic carbocycles. The van der Waals surface area contributed by atoms with Crippen LogP contribution in [0.3, 0.4) is 0 Å². The van der Waals surface area contributed by atoms with E-state index in [0.29, 0.717) is 0 Å². The summed E-state index contributed by atoms with van der Waals surface area (Å²) < 4.78 is 0. The fourth-order valence-corrected chi connectivity index (χ4v) is 1.31. The van der Waals surface area contributed by atoms with E-state index in [1.54, 1.807) is 0 Å². The lowest BCUT2D eigenvalue weighted by molar-refractivity contribution is -0.277. The van der Waals surface area contributed by atoms with E-state index in [1.807, 2.05) is 19.1 Å². The first kappa shape index (κ1) is 11.2. The van der Waals surface area contributed by atoms with Gasteiger partial charge in [-0.2, -0.15) is 0 Å². The Hall–Kier alpha value is -0.860. The maximum atomic E-state index is 8.52.